The van der Waals surface area contributed by atoms with Crippen molar-refractivity contribution in [3.8, 4) is 17.3 Å². The molecule has 2 aromatic carbocycles. The summed E-state index contributed by atoms with van der Waals surface area (Å²) in [5, 5.41) is 4.66. The number of nitrogens with zero attached hydrogens (tertiary/aromatic N) is 3. The lowest BCUT2D eigenvalue weighted by molar-refractivity contribution is -0.137. The minimum absolute atomic E-state index is 0.0422. The van der Waals surface area contributed by atoms with Crippen LogP contribution in [0.5, 0.6) is 11.6 Å². The van der Waals surface area contributed by atoms with Gasteiger partial charge in [-0.25, -0.2) is 4.68 Å². The largest absolute Gasteiger partial charge is 0.487 e. The molecule has 5 nitrogen and oxygen atoms in total. The van der Waals surface area contributed by atoms with Gasteiger partial charge in [0, 0.05) is 17.6 Å². The second-order valence-corrected chi connectivity index (χ2v) is 6.47. The average molecular weight is 435 g/mol. The van der Waals surface area contributed by atoms with Crippen molar-refractivity contribution in [2.75, 3.05) is 0 Å². The van der Waals surface area contributed by atoms with Gasteiger partial charge in [-0.2, -0.15) is 26.9 Å². The van der Waals surface area contributed by atoms with Gasteiger partial charge in [0.2, 0.25) is 5.88 Å². The molecule has 0 saturated heterocycles. The van der Waals surface area contributed by atoms with E-state index in [1.54, 1.807) is 24.3 Å². The molecule has 4 aromatic rings. The van der Waals surface area contributed by atoms with Crippen molar-refractivity contribution in [2.45, 2.75) is 19.4 Å². The standard InChI is InChI=1S/C21H14F5N3O2/c22-20(23)31-18-9-6-14-11-29(28-19(14)27-18)16-8-7-15(21(24,25)26)10-17(16)30-12-13-4-2-1-3-5-13/h1-11,20H,12H2. The van der Waals surface area contributed by atoms with Crippen molar-refractivity contribution in [1.82, 2.24) is 14.8 Å². The Labute approximate surface area is 172 Å². The zero-order chi connectivity index (χ0) is 22.0. The van der Waals surface area contributed by atoms with Crippen molar-refractivity contribution >= 4 is 11.0 Å². The van der Waals surface area contributed by atoms with E-state index >= 15 is 0 Å². The monoisotopic (exact) mass is 435 g/mol. The number of benzene rings is 2. The van der Waals surface area contributed by atoms with Gasteiger partial charge >= 0.3 is 12.8 Å². The average Bonchev–Trinajstić information content (AvgIpc) is 3.15. The van der Waals surface area contributed by atoms with Crippen LogP contribution < -0.4 is 9.47 Å². The third kappa shape index (κ3) is 4.73. The van der Waals surface area contributed by atoms with E-state index in [4.69, 9.17) is 4.74 Å². The van der Waals surface area contributed by atoms with Crippen LogP contribution in [0.15, 0.2) is 66.9 Å². The summed E-state index contributed by atoms with van der Waals surface area (Å²) >= 11 is 0. The Hall–Kier alpha value is -3.69. The first-order chi connectivity index (χ1) is 14.8. The highest BCUT2D eigenvalue weighted by atomic mass is 19.4. The quantitative estimate of drug-likeness (QED) is 0.369. The lowest BCUT2D eigenvalue weighted by atomic mass is 10.1. The number of aromatic nitrogens is 3. The van der Waals surface area contributed by atoms with Crippen molar-refractivity contribution in [3.63, 3.8) is 0 Å². The van der Waals surface area contributed by atoms with E-state index < -0.39 is 18.4 Å². The summed E-state index contributed by atoms with van der Waals surface area (Å²) in [5.74, 6) is -0.365. The zero-order valence-electron chi connectivity index (χ0n) is 15.7. The molecule has 0 aliphatic heterocycles. The number of pyridine rings is 1. The highest BCUT2D eigenvalue weighted by molar-refractivity contribution is 5.75. The Morgan fingerprint density at radius 1 is 0.968 bits per heavy atom. The lowest BCUT2D eigenvalue weighted by Gasteiger charge is -2.14. The molecule has 0 atom stereocenters. The minimum atomic E-state index is -4.55. The fourth-order valence-electron chi connectivity index (χ4n) is 2.90. The van der Waals surface area contributed by atoms with E-state index in [-0.39, 0.29) is 29.6 Å². The maximum Gasteiger partial charge on any atom is 0.416 e. The van der Waals surface area contributed by atoms with Gasteiger partial charge in [0.05, 0.1) is 5.56 Å². The molecule has 0 unspecified atom stereocenters. The molecule has 0 saturated carbocycles. The molecule has 0 fully saturated rings. The van der Waals surface area contributed by atoms with Crippen LogP contribution in [0.3, 0.4) is 0 Å². The minimum Gasteiger partial charge on any atom is -0.487 e. The summed E-state index contributed by atoms with van der Waals surface area (Å²) in [4.78, 5) is 3.89. The second kappa shape index (κ2) is 8.21. The number of halogens is 5. The Kier molecular flexibility index (Phi) is 5.45. The van der Waals surface area contributed by atoms with Crippen molar-refractivity contribution < 1.29 is 31.4 Å². The normalized spacial score (nSPS) is 11.8. The van der Waals surface area contributed by atoms with E-state index in [2.05, 4.69) is 14.8 Å². The van der Waals surface area contributed by atoms with E-state index in [0.29, 0.717) is 5.39 Å². The van der Waals surface area contributed by atoms with E-state index in [9.17, 15) is 22.0 Å². The Morgan fingerprint density at radius 3 is 2.45 bits per heavy atom. The Morgan fingerprint density at radius 2 is 1.74 bits per heavy atom. The summed E-state index contributed by atoms with van der Waals surface area (Å²) in [6, 6.07) is 14.7. The number of rotatable bonds is 6. The van der Waals surface area contributed by atoms with Gasteiger partial charge in [-0.1, -0.05) is 30.3 Å². The van der Waals surface area contributed by atoms with Crippen molar-refractivity contribution in [2.24, 2.45) is 0 Å². The maximum absolute atomic E-state index is 13.2. The zero-order valence-corrected chi connectivity index (χ0v) is 15.7. The van der Waals surface area contributed by atoms with Crippen LogP contribution in [0, 0.1) is 0 Å². The first kappa shape index (κ1) is 20.6. The predicted molar refractivity (Wildman–Crippen MR) is 101 cm³/mol. The first-order valence-electron chi connectivity index (χ1n) is 8.99. The molecule has 2 aromatic heterocycles. The third-order valence-electron chi connectivity index (χ3n) is 4.32. The predicted octanol–water partition coefficient (Wildman–Crippen LogP) is 5.62. The van der Waals surface area contributed by atoms with E-state index in [1.807, 2.05) is 6.07 Å². The molecule has 2 heterocycles. The Bertz CT molecular complexity index is 1190. The fraction of sp³-hybridized carbons (Fsp3) is 0.143. The number of fused-ring (bicyclic) bond motifs is 1. The van der Waals surface area contributed by atoms with Crippen LogP contribution in [0.1, 0.15) is 11.1 Å². The summed E-state index contributed by atoms with van der Waals surface area (Å²) in [5.41, 5.74) is 0.221. The Balaban J connectivity index is 1.72. The molecule has 0 aliphatic rings. The molecule has 0 bridgehead atoms. The molecule has 0 N–H and O–H groups in total. The summed E-state index contributed by atoms with van der Waals surface area (Å²) in [6.07, 6.45) is -3.05. The molecule has 0 radical (unpaired) electrons. The van der Waals surface area contributed by atoms with Crippen molar-refractivity contribution in [3.05, 3.63) is 78.0 Å². The molecular weight excluding hydrogens is 421 g/mol. The van der Waals surface area contributed by atoms with Gasteiger partial charge in [-0.3, -0.25) is 0 Å². The van der Waals surface area contributed by atoms with Gasteiger partial charge in [0.1, 0.15) is 18.0 Å². The summed E-state index contributed by atoms with van der Waals surface area (Å²) in [6.45, 7) is -3.00. The molecule has 160 valence electrons. The molecule has 0 aliphatic carbocycles. The molecular formula is C21H14F5N3O2. The number of alkyl halides is 5. The molecule has 0 amide bonds. The topological polar surface area (TPSA) is 49.2 Å². The van der Waals surface area contributed by atoms with Crippen LogP contribution in [-0.4, -0.2) is 21.4 Å². The second-order valence-electron chi connectivity index (χ2n) is 6.47. The SMILES string of the molecule is FC(F)Oc1ccc2cn(-c3ccc(C(F)(F)F)cc3OCc3ccccc3)nc2n1. The van der Waals surface area contributed by atoms with Gasteiger partial charge < -0.3 is 9.47 Å². The van der Waals surface area contributed by atoms with Crippen LogP contribution in [-0.2, 0) is 12.8 Å². The number of hydrogen-bond donors (Lipinski definition) is 0. The highest BCUT2D eigenvalue weighted by Gasteiger charge is 2.31. The van der Waals surface area contributed by atoms with Gasteiger partial charge in [-0.15, -0.1) is 5.10 Å². The summed E-state index contributed by atoms with van der Waals surface area (Å²) < 4.78 is 75.7. The fourth-order valence-corrected chi connectivity index (χ4v) is 2.90. The van der Waals surface area contributed by atoms with Gasteiger partial charge in [0.25, 0.3) is 0 Å². The van der Waals surface area contributed by atoms with Gasteiger partial charge in [0.15, 0.2) is 5.65 Å². The number of hydrogen-bond acceptors (Lipinski definition) is 4. The van der Waals surface area contributed by atoms with Crippen LogP contribution in [0.25, 0.3) is 16.7 Å². The molecule has 0 spiro atoms. The summed E-state index contributed by atoms with van der Waals surface area (Å²) in [7, 11) is 0. The number of ether oxygens (including phenoxy) is 2. The molecule has 10 heteroatoms. The van der Waals surface area contributed by atoms with E-state index in [1.165, 1.54) is 29.1 Å². The highest BCUT2D eigenvalue weighted by Crippen LogP contribution is 2.35. The maximum atomic E-state index is 13.2. The van der Waals surface area contributed by atoms with Crippen LogP contribution in [0.2, 0.25) is 0 Å². The first-order valence-corrected chi connectivity index (χ1v) is 8.99. The molecule has 4 rings (SSSR count). The smallest absolute Gasteiger partial charge is 0.416 e. The third-order valence-corrected chi connectivity index (χ3v) is 4.32. The van der Waals surface area contributed by atoms with E-state index in [0.717, 1.165) is 17.7 Å². The molecule has 31 heavy (non-hydrogen) atoms. The van der Waals surface area contributed by atoms with Crippen LogP contribution >= 0.6 is 0 Å². The van der Waals surface area contributed by atoms with Crippen LogP contribution in [0.4, 0.5) is 22.0 Å². The van der Waals surface area contributed by atoms with Crippen molar-refractivity contribution in [1.29, 1.82) is 0 Å². The van der Waals surface area contributed by atoms with Gasteiger partial charge in [-0.05, 0) is 29.8 Å². The lowest BCUT2D eigenvalue weighted by Crippen LogP contribution is -2.08.